The van der Waals surface area contributed by atoms with Gasteiger partial charge in [0.05, 0.1) is 31.5 Å². The molecule has 0 spiro atoms. The van der Waals surface area contributed by atoms with Crippen LogP contribution in [0.4, 0.5) is 0 Å². The third kappa shape index (κ3) is 4.60. The Labute approximate surface area is 170 Å². The topological polar surface area (TPSA) is 117 Å². The maximum atomic E-state index is 13.3. The number of rotatable bonds is 7. The first-order valence-corrected chi connectivity index (χ1v) is 11.2. The van der Waals surface area contributed by atoms with E-state index in [-0.39, 0.29) is 5.75 Å². The standard InChI is InChI=1S/C20H25N3O5S/c1-19(18(25)22-20(15-21)7-8-20,13-17(24)23-9-11-28-12-10-23)29(26,27)14-16-5-3-2-4-6-16/h2-6H,7-14H2,1H3,(H,22,25). The van der Waals surface area contributed by atoms with Crippen LogP contribution in [-0.2, 0) is 29.9 Å². The number of hydrogen-bond acceptors (Lipinski definition) is 6. The van der Waals surface area contributed by atoms with Gasteiger partial charge in [-0.3, -0.25) is 9.59 Å². The molecule has 1 N–H and O–H groups in total. The van der Waals surface area contributed by atoms with Gasteiger partial charge in [0.25, 0.3) is 0 Å². The lowest BCUT2D eigenvalue weighted by Crippen LogP contribution is -2.56. The normalized spacial score (nSPS) is 20.2. The number of carbonyl (C=O) groups excluding carboxylic acids is 2. The lowest BCUT2D eigenvalue weighted by atomic mass is 10.0. The minimum absolute atomic E-state index is 0.359. The summed E-state index contributed by atoms with van der Waals surface area (Å²) < 4.78 is 29.9. The Bertz CT molecular complexity index is 915. The van der Waals surface area contributed by atoms with Gasteiger partial charge < -0.3 is 15.0 Å². The van der Waals surface area contributed by atoms with E-state index in [0.717, 1.165) is 0 Å². The van der Waals surface area contributed by atoms with E-state index in [1.807, 2.05) is 6.07 Å². The van der Waals surface area contributed by atoms with Crippen LogP contribution in [-0.4, -0.2) is 61.7 Å². The Morgan fingerprint density at radius 2 is 1.86 bits per heavy atom. The van der Waals surface area contributed by atoms with Gasteiger partial charge in [-0.25, -0.2) is 8.42 Å². The minimum Gasteiger partial charge on any atom is -0.378 e. The highest BCUT2D eigenvalue weighted by Crippen LogP contribution is 2.36. The molecule has 0 radical (unpaired) electrons. The number of hydrogen-bond donors (Lipinski definition) is 1. The zero-order valence-corrected chi connectivity index (χ0v) is 17.2. The number of amides is 2. The van der Waals surface area contributed by atoms with Crippen molar-refractivity contribution in [3.05, 3.63) is 35.9 Å². The number of morpholine rings is 1. The molecule has 0 bridgehead atoms. The molecular weight excluding hydrogens is 394 g/mol. The van der Waals surface area contributed by atoms with Gasteiger partial charge in [-0.1, -0.05) is 30.3 Å². The van der Waals surface area contributed by atoms with Crippen molar-refractivity contribution >= 4 is 21.7 Å². The van der Waals surface area contributed by atoms with Crippen LogP contribution >= 0.6 is 0 Å². The molecule has 1 aromatic carbocycles. The quantitative estimate of drug-likeness (QED) is 0.698. The molecular formula is C20H25N3O5S. The van der Waals surface area contributed by atoms with Crippen LogP contribution in [0.25, 0.3) is 0 Å². The first kappa shape index (κ1) is 21.3. The Hall–Kier alpha value is -2.44. The van der Waals surface area contributed by atoms with Crippen LogP contribution in [0.2, 0.25) is 0 Å². The van der Waals surface area contributed by atoms with Crippen molar-refractivity contribution in [1.29, 1.82) is 5.26 Å². The van der Waals surface area contributed by atoms with Crippen LogP contribution in [0, 0.1) is 11.3 Å². The summed E-state index contributed by atoms with van der Waals surface area (Å²) in [5.41, 5.74) is -0.491. The Morgan fingerprint density at radius 1 is 1.24 bits per heavy atom. The highest BCUT2D eigenvalue weighted by atomic mass is 32.2. The van der Waals surface area contributed by atoms with Crippen LogP contribution in [0.15, 0.2) is 30.3 Å². The number of ether oxygens (including phenoxy) is 1. The Balaban J connectivity index is 1.88. The number of benzene rings is 1. The summed E-state index contributed by atoms with van der Waals surface area (Å²) >= 11 is 0. The van der Waals surface area contributed by atoms with E-state index in [1.165, 1.54) is 11.8 Å². The molecule has 2 amide bonds. The first-order valence-electron chi connectivity index (χ1n) is 9.57. The summed E-state index contributed by atoms with van der Waals surface area (Å²) in [5, 5.41) is 11.9. The summed E-state index contributed by atoms with van der Waals surface area (Å²) in [5.74, 6) is -1.58. The largest absolute Gasteiger partial charge is 0.378 e. The first-order chi connectivity index (χ1) is 13.7. The van der Waals surface area contributed by atoms with Crippen molar-refractivity contribution in [1.82, 2.24) is 10.2 Å². The van der Waals surface area contributed by atoms with Crippen molar-refractivity contribution in [2.24, 2.45) is 0 Å². The molecule has 2 fully saturated rings. The predicted octanol–water partition coefficient (Wildman–Crippen LogP) is 0.781. The highest BCUT2D eigenvalue weighted by Gasteiger charge is 2.53. The number of nitrogens with zero attached hydrogens (tertiary/aromatic N) is 2. The lowest BCUT2D eigenvalue weighted by Gasteiger charge is -2.33. The van der Waals surface area contributed by atoms with Crippen molar-refractivity contribution in [3.63, 3.8) is 0 Å². The van der Waals surface area contributed by atoms with Gasteiger partial charge in [0.15, 0.2) is 14.6 Å². The van der Waals surface area contributed by atoms with E-state index in [4.69, 9.17) is 4.74 Å². The SMILES string of the molecule is CC(CC(=O)N1CCOCC1)(C(=O)NC1(C#N)CC1)S(=O)(=O)Cc1ccccc1. The molecule has 1 saturated carbocycles. The van der Waals surface area contributed by atoms with Gasteiger partial charge in [-0.15, -0.1) is 0 Å². The van der Waals surface area contributed by atoms with Gasteiger partial charge in [-0.05, 0) is 25.3 Å². The minimum atomic E-state index is -4.06. The fourth-order valence-corrected chi connectivity index (χ4v) is 4.86. The third-order valence-corrected chi connectivity index (χ3v) is 7.95. The van der Waals surface area contributed by atoms with Crippen molar-refractivity contribution in [2.75, 3.05) is 26.3 Å². The van der Waals surface area contributed by atoms with Crippen LogP contribution in [0.5, 0.6) is 0 Å². The molecule has 2 aliphatic rings. The molecule has 1 aromatic rings. The van der Waals surface area contributed by atoms with E-state index in [2.05, 4.69) is 5.32 Å². The van der Waals surface area contributed by atoms with Crippen molar-refractivity contribution in [3.8, 4) is 6.07 Å². The Morgan fingerprint density at radius 3 is 2.41 bits per heavy atom. The number of carbonyl (C=O) groups is 2. The van der Waals surface area contributed by atoms with Crippen LogP contribution < -0.4 is 5.32 Å². The van der Waals surface area contributed by atoms with E-state index in [9.17, 15) is 23.3 Å². The summed E-state index contributed by atoms with van der Waals surface area (Å²) in [4.78, 5) is 27.4. The second kappa shape index (κ2) is 8.13. The fraction of sp³-hybridized carbons (Fsp3) is 0.550. The molecule has 1 aliphatic heterocycles. The van der Waals surface area contributed by atoms with E-state index < -0.39 is 38.4 Å². The van der Waals surface area contributed by atoms with Gasteiger partial charge in [-0.2, -0.15) is 5.26 Å². The van der Waals surface area contributed by atoms with Gasteiger partial charge in [0.1, 0.15) is 5.54 Å². The van der Waals surface area contributed by atoms with E-state index in [0.29, 0.717) is 44.7 Å². The summed E-state index contributed by atoms with van der Waals surface area (Å²) in [6.45, 7) is 2.76. The second-order valence-electron chi connectivity index (χ2n) is 7.79. The summed E-state index contributed by atoms with van der Waals surface area (Å²) in [7, 11) is -4.06. The molecule has 1 heterocycles. The number of nitrogens with one attached hydrogen (secondary N) is 1. The molecule has 1 unspecified atom stereocenters. The summed E-state index contributed by atoms with van der Waals surface area (Å²) in [6.07, 6.45) is 0.471. The fourth-order valence-electron chi connectivity index (χ4n) is 3.24. The number of nitriles is 1. The molecule has 1 aliphatic carbocycles. The van der Waals surface area contributed by atoms with Gasteiger partial charge >= 0.3 is 0 Å². The highest BCUT2D eigenvalue weighted by molar-refractivity contribution is 7.92. The smallest absolute Gasteiger partial charge is 0.242 e. The predicted molar refractivity (Wildman–Crippen MR) is 105 cm³/mol. The molecule has 8 nitrogen and oxygen atoms in total. The van der Waals surface area contributed by atoms with E-state index >= 15 is 0 Å². The molecule has 0 aromatic heterocycles. The summed E-state index contributed by atoms with van der Waals surface area (Å²) in [6, 6.07) is 10.6. The van der Waals surface area contributed by atoms with E-state index in [1.54, 1.807) is 30.3 Å². The zero-order chi connectivity index (χ0) is 21.1. The van der Waals surface area contributed by atoms with Crippen molar-refractivity contribution in [2.45, 2.75) is 42.2 Å². The average molecular weight is 420 g/mol. The maximum absolute atomic E-state index is 13.3. The lowest BCUT2D eigenvalue weighted by molar-refractivity contribution is -0.138. The molecule has 3 rings (SSSR count). The molecule has 156 valence electrons. The zero-order valence-electron chi connectivity index (χ0n) is 16.4. The monoisotopic (exact) mass is 419 g/mol. The Kier molecular flexibility index (Phi) is 5.96. The second-order valence-corrected chi connectivity index (χ2v) is 10.2. The molecule has 1 saturated heterocycles. The van der Waals surface area contributed by atoms with Gasteiger partial charge in [0, 0.05) is 13.1 Å². The number of sulfone groups is 1. The van der Waals surface area contributed by atoms with Crippen LogP contribution in [0.1, 0.15) is 31.7 Å². The third-order valence-electron chi connectivity index (χ3n) is 5.54. The average Bonchev–Trinajstić information content (AvgIpc) is 3.48. The van der Waals surface area contributed by atoms with Crippen LogP contribution in [0.3, 0.4) is 0 Å². The van der Waals surface area contributed by atoms with Gasteiger partial charge in [0.2, 0.25) is 11.8 Å². The molecule has 9 heteroatoms. The molecule has 29 heavy (non-hydrogen) atoms. The molecule has 1 atom stereocenters. The van der Waals surface area contributed by atoms with Crippen molar-refractivity contribution < 1.29 is 22.7 Å². The maximum Gasteiger partial charge on any atom is 0.242 e.